The molecule has 0 atom stereocenters. The molecule has 41 heavy (non-hydrogen) atoms. The van der Waals surface area contributed by atoms with Crippen LogP contribution in [0.4, 0.5) is 5.69 Å². The van der Waals surface area contributed by atoms with E-state index >= 15 is 0 Å². The number of fused-ring (bicyclic) bond motifs is 1. The zero-order valence-electron chi connectivity index (χ0n) is 21.6. The van der Waals surface area contributed by atoms with E-state index in [0.29, 0.717) is 42.0 Å². The molecule has 1 saturated heterocycles. The second-order valence-corrected chi connectivity index (χ2v) is 10.4. The Labute approximate surface area is 250 Å². The third kappa shape index (κ3) is 6.48. The largest absolute Gasteiger partial charge is 0.506 e. The van der Waals surface area contributed by atoms with Crippen LogP contribution >= 0.6 is 34.8 Å². The molecule has 1 fully saturated rings. The van der Waals surface area contributed by atoms with Crippen LogP contribution in [0.1, 0.15) is 15.9 Å². The van der Waals surface area contributed by atoms with Gasteiger partial charge in [0.2, 0.25) is 0 Å². The van der Waals surface area contributed by atoms with E-state index in [2.05, 4.69) is 15.5 Å². The lowest BCUT2D eigenvalue weighted by Crippen LogP contribution is -2.50. The molecule has 1 aromatic heterocycles. The minimum atomic E-state index is -0.473. The van der Waals surface area contributed by atoms with Crippen molar-refractivity contribution in [3.63, 3.8) is 0 Å². The number of ether oxygens (including phenoxy) is 1. The normalized spacial score (nSPS) is 13.5. The van der Waals surface area contributed by atoms with Gasteiger partial charge in [0.05, 0.1) is 27.0 Å². The number of piperazine rings is 1. The molecule has 5 rings (SSSR count). The third-order valence-corrected chi connectivity index (χ3v) is 7.48. The number of phenols is 1. The first-order valence-corrected chi connectivity index (χ1v) is 13.7. The molecule has 2 amide bonds. The number of carbonyl (C=O) groups excluding carboxylic acids is 2. The van der Waals surface area contributed by atoms with Crippen LogP contribution in [-0.2, 0) is 4.79 Å². The number of carbonyl (C=O) groups is 2. The first kappa shape index (κ1) is 28.5. The quantitative estimate of drug-likeness (QED) is 0.214. The van der Waals surface area contributed by atoms with Crippen molar-refractivity contribution in [2.75, 3.05) is 37.7 Å². The van der Waals surface area contributed by atoms with Gasteiger partial charge in [-0.15, -0.1) is 0 Å². The molecule has 1 aliphatic heterocycles. The Kier molecular flexibility index (Phi) is 8.78. The summed E-state index contributed by atoms with van der Waals surface area (Å²) in [5.41, 5.74) is 4.19. The van der Waals surface area contributed by atoms with Crippen molar-refractivity contribution < 1.29 is 19.4 Å². The summed E-state index contributed by atoms with van der Waals surface area (Å²) in [5, 5.41) is 16.3. The Morgan fingerprint density at radius 2 is 1.66 bits per heavy atom. The minimum Gasteiger partial charge on any atom is -0.506 e. The Morgan fingerprint density at radius 1 is 0.951 bits per heavy atom. The molecule has 3 aromatic carbocycles. The monoisotopic (exact) mass is 611 g/mol. The van der Waals surface area contributed by atoms with Crippen LogP contribution in [0, 0.1) is 0 Å². The van der Waals surface area contributed by atoms with Gasteiger partial charge >= 0.3 is 0 Å². The number of hydrogen-bond donors (Lipinski definition) is 2. The lowest BCUT2D eigenvalue weighted by Gasteiger charge is -2.36. The highest BCUT2D eigenvalue weighted by Gasteiger charge is 2.24. The maximum absolute atomic E-state index is 13.0. The SMILES string of the molecule is O=C(N/N=C/c1ccc(OCC(=O)N2CCN(c3c(Cl)cncc3Cl)CC2)c2ccccc12)c1ccc(O)c(Cl)c1. The van der Waals surface area contributed by atoms with Crippen molar-refractivity contribution in [3.8, 4) is 11.5 Å². The van der Waals surface area contributed by atoms with Gasteiger partial charge in [-0.05, 0) is 35.7 Å². The topological polar surface area (TPSA) is 107 Å². The maximum atomic E-state index is 13.0. The molecule has 9 nitrogen and oxygen atoms in total. The van der Waals surface area contributed by atoms with Crippen LogP contribution in [0.25, 0.3) is 10.8 Å². The molecule has 4 aromatic rings. The maximum Gasteiger partial charge on any atom is 0.271 e. The predicted octanol–water partition coefficient (Wildman–Crippen LogP) is 5.39. The van der Waals surface area contributed by atoms with Crippen LogP contribution in [0.2, 0.25) is 15.1 Å². The minimum absolute atomic E-state index is 0.0729. The van der Waals surface area contributed by atoms with E-state index in [1.54, 1.807) is 29.4 Å². The van der Waals surface area contributed by atoms with E-state index < -0.39 is 5.91 Å². The third-order valence-electron chi connectivity index (χ3n) is 6.63. The number of nitrogens with one attached hydrogen (secondary N) is 1. The molecule has 210 valence electrons. The number of aromatic nitrogens is 1. The number of anilines is 1. The van der Waals surface area contributed by atoms with E-state index in [4.69, 9.17) is 39.5 Å². The van der Waals surface area contributed by atoms with Crippen LogP contribution in [0.15, 0.2) is 72.1 Å². The van der Waals surface area contributed by atoms with Crippen LogP contribution in [0.3, 0.4) is 0 Å². The molecule has 2 heterocycles. The van der Waals surface area contributed by atoms with Crippen LogP contribution in [-0.4, -0.2) is 65.8 Å². The number of nitrogens with zero attached hydrogens (tertiary/aromatic N) is 4. The smallest absolute Gasteiger partial charge is 0.271 e. The lowest BCUT2D eigenvalue weighted by molar-refractivity contribution is -0.133. The fourth-order valence-corrected chi connectivity index (χ4v) is 5.31. The molecule has 0 radical (unpaired) electrons. The number of phenolic OH excluding ortho intramolecular Hbond substituents is 1. The highest BCUT2D eigenvalue weighted by Crippen LogP contribution is 2.33. The van der Waals surface area contributed by atoms with E-state index in [-0.39, 0.29) is 28.8 Å². The Bertz CT molecular complexity index is 1620. The van der Waals surface area contributed by atoms with E-state index in [0.717, 1.165) is 22.0 Å². The fraction of sp³-hybridized carbons (Fsp3) is 0.172. The van der Waals surface area contributed by atoms with Gasteiger partial charge in [-0.25, -0.2) is 5.43 Å². The van der Waals surface area contributed by atoms with Crippen molar-refractivity contribution >= 4 is 69.3 Å². The van der Waals surface area contributed by atoms with Gasteiger partial charge in [0.25, 0.3) is 11.8 Å². The number of hydrogen-bond acceptors (Lipinski definition) is 7. The summed E-state index contributed by atoms with van der Waals surface area (Å²) in [5.74, 6) is -0.147. The molecule has 0 spiro atoms. The summed E-state index contributed by atoms with van der Waals surface area (Å²) in [6.45, 7) is 2.08. The summed E-state index contributed by atoms with van der Waals surface area (Å²) in [4.78, 5) is 33.1. The molecule has 12 heteroatoms. The van der Waals surface area contributed by atoms with Crippen molar-refractivity contribution in [1.29, 1.82) is 0 Å². The Morgan fingerprint density at radius 3 is 2.37 bits per heavy atom. The predicted molar refractivity (Wildman–Crippen MR) is 161 cm³/mol. The highest BCUT2D eigenvalue weighted by atomic mass is 35.5. The Hall–Kier alpha value is -4.05. The van der Waals surface area contributed by atoms with Crippen molar-refractivity contribution in [3.05, 3.63) is 93.2 Å². The van der Waals surface area contributed by atoms with Gasteiger partial charge in [0.15, 0.2) is 6.61 Å². The number of rotatable bonds is 7. The van der Waals surface area contributed by atoms with Gasteiger partial charge in [0.1, 0.15) is 11.5 Å². The van der Waals surface area contributed by atoms with Crippen molar-refractivity contribution in [2.45, 2.75) is 0 Å². The number of amides is 2. The number of aromatic hydroxyl groups is 1. The molecule has 2 N–H and O–H groups in total. The first-order chi connectivity index (χ1) is 19.8. The zero-order chi connectivity index (χ0) is 28.9. The van der Waals surface area contributed by atoms with E-state index in [1.165, 1.54) is 24.4 Å². The summed E-state index contributed by atoms with van der Waals surface area (Å²) in [6.07, 6.45) is 4.64. The summed E-state index contributed by atoms with van der Waals surface area (Å²) >= 11 is 18.5. The van der Waals surface area contributed by atoms with Crippen LogP contribution in [0.5, 0.6) is 11.5 Å². The van der Waals surface area contributed by atoms with Crippen molar-refractivity contribution in [2.24, 2.45) is 5.10 Å². The molecule has 0 aliphatic carbocycles. The molecule has 1 aliphatic rings. The molecule has 0 saturated carbocycles. The summed E-state index contributed by atoms with van der Waals surface area (Å²) in [7, 11) is 0. The van der Waals surface area contributed by atoms with Crippen LogP contribution < -0.4 is 15.1 Å². The zero-order valence-corrected chi connectivity index (χ0v) is 23.8. The average molecular weight is 613 g/mol. The summed E-state index contributed by atoms with van der Waals surface area (Å²) in [6, 6.07) is 15.3. The van der Waals surface area contributed by atoms with Crippen molar-refractivity contribution in [1.82, 2.24) is 15.3 Å². The lowest BCUT2D eigenvalue weighted by atomic mass is 10.0. The number of benzene rings is 3. The number of hydrazone groups is 1. The fourth-order valence-electron chi connectivity index (χ4n) is 4.52. The average Bonchev–Trinajstić information content (AvgIpc) is 2.98. The van der Waals surface area contributed by atoms with E-state index in [1.807, 2.05) is 29.2 Å². The first-order valence-electron chi connectivity index (χ1n) is 12.6. The van der Waals surface area contributed by atoms with Gasteiger partial charge in [-0.3, -0.25) is 14.6 Å². The number of pyridine rings is 1. The van der Waals surface area contributed by atoms with Gasteiger partial charge in [-0.2, -0.15) is 5.10 Å². The number of halogens is 3. The van der Waals surface area contributed by atoms with Gasteiger partial charge in [-0.1, -0.05) is 59.1 Å². The second-order valence-electron chi connectivity index (χ2n) is 9.17. The summed E-state index contributed by atoms with van der Waals surface area (Å²) < 4.78 is 5.96. The van der Waals surface area contributed by atoms with Gasteiger partial charge in [0, 0.05) is 55.1 Å². The molecule has 0 bridgehead atoms. The molecular formula is C29H24Cl3N5O4. The van der Waals surface area contributed by atoms with E-state index in [9.17, 15) is 14.7 Å². The molecule has 0 unspecified atom stereocenters. The standard InChI is InChI=1S/C29H24Cl3N5O4/c30-22-13-18(5-7-25(22)38)29(40)35-34-14-19-6-8-26(21-4-2-1-3-20(19)21)41-17-27(39)36-9-11-37(12-10-36)28-23(31)15-33-16-24(28)32/h1-8,13-16,38H,9-12,17H2,(H,35,40)/b34-14+. The molecular weight excluding hydrogens is 589 g/mol. The Balaban J connectivity index is 1.21. The highest BCUT2D eigenvalue weighted by molar-refractivity contribution is 6.39. The second kappa shape index (κ2) is 12.6. The van der Waals surface area contributed by atoms with Gasteiger partial charge < -0.3 is 19.6 Å².